The van der Waals surface area contributed by atoms with E-state index in [9.17, 15) is 4.39 Å². The molecule has 0 fully saturated rings. The topological polar surface area (TPSA) is 24.9 Å². The van der Waals surface area contributed by atoms with Crippen molar-refractivity contribution in [2.45, 2.75) is 32.7 Å². The molecule has 0 amide bonds. The number of hydrogen-bond acceptors (Lipinski definition) is 3. The van der Waals surface area contributed by atoms with Crippen molar-refractivity contribution >= 4 is 28.6 Å². The summed E-state index contributed by atoms with van der Waals surface area (Å²) in [4.78, 5) is 5.53. The number of anilines is 1. The van der Waals surface area contributed by atoms with Crippen molar-refractivity contribution < 1.29 is 4.39 Å². The van der Waals surface area contributed by atoms with Crippen molar-refractivity contribution in [3.05, 3.63) is 45.1 Å². The second kappa shape index (κ2) is 5.47. The second-order valence-electron chi connectivity index (χ2n) is 5.39. The Morgan fingerprint density at radius 2 is 2.05 bits per heavy atom. The number of halogens is 2. The van der Waals surface area contributed by atoms with Crippen LogP contribution in [0.1, 0.15) is 30.7 Å². The zero-order valence-electron chi connectivity index (χ0n) is 11.1. The van der Waals surface area contributed by atoms with Crippen LogP contribution >= 0.6 is 22.9 Å². The van der Waals surface area contributed by atoms with Gasteiger partial charge in [-0.15, -0.1) is 11.3 Å². The van der Waals surface area contributed by atoms with Crippen LogP contribution in [-0.2, 0) is 12.0 Å². The minimum absolute atomic E-state index is 0.0606. The smallest absolute Gasteiger partial charge is 0.126 e. The average Bonchev–Trinajstić information content (AvgIpc) is 2.73. The van der Waals surface area contributed by atoms with Gasteiger partial charge in [0.15, 0.2) is 0 Å². The molecule has 1 aromatic heterocycles. The molecule has 0 spiro atoms. The number of benzene rings is 1. The summed E-state index contributed by atoms with van der Waals surface area (Å²) in [6.07, 6.45) is 1.86. The lowest BCUT2D eigenvalue weighted by Gasteiger charge is -2.13. The molecule has 102 valence electrons. The first-order valence-electron chi connectivity index (χ1n) is 6.00. The van der Waals surface area contributed by atoms with E-state index in [2.05, 4.69) is 31.1 Å². The molecule has 2 aromatic rings. The third-order valence-electron chi connectivity index (χ3n) is 2.52. The molecule has 0 atom stereocenters. The van der Waals surface area contributed by atoms with Gasteiger partial charge in [0.25, 0.3) is 0 Å². The maximum atomic E-state index is 13.2. The highest BCUT2D eigenvalue weighted by atomic mass is 35.5. The van der Waals surface area contributed by atoms with E-state index in [4.69, 9.17) is 11.6 Å². The maximum Gasteiger partial charge on any atom is 0.126 e. The van der Waals surface area contributed by atoms with Gasteiger partial charge in [0.1, 0.15) is 5.82 Å². The Hall–Kier alpha value is -1.13. The molecule has 1 aromatic carbocycles. The van der Waals surface area contributed by atoms with Crippen LogP contribution in [0.25, 0.3) is 0 Å². The third kappa shape index (κ3) is 3.91. The van der Waals surface area contributed by atoms with E-state index >= 15 is 0 Å². The van der Waals surface area contributed by atoms with E-state index < -0.39 is 0 Å². The van der Waals surface area contributed by atoms with E-state index in [1.165, 1.54) is 12.1 Å². The Morgan fingerprint density at radius 3 is 2.63 bits per heavy atom. The quantitative estimate of drug-likeness (QED) is 0.876. The number of rotatable bonds is 3. The number of thiazole rings is 1. The van der Waals surface area contributed by atoms with E-state index in [0.29, 0.717) is 17.3 Å². The van der Waals surface area contributed by atoms with Crippen LogP contribution in [0.3, 0.4) is 0 Å². The first-order valence-corrected chi connectivity index (χ1v) is 7.19. The van der Waals surface area contributed by atoms with E-state index in [1.54, 1.807) is 17.4 Å². The average molecular weight is 299 g/mol. The molecule has 0 unspecified atom stereocenters. The highest BCUT2D eigenvalue weighted by molar-refractivity contribution is 7.11. The van der Waals surface area contributed by atoms with Crippen molar-refractivity contribution in [1.29, 1.82) is 0 Å². The van der Waals surface area contributed by atoms with Crippen molar-refractivity contribution in [2.24, 2.45) is 0 Å². The predicted molar refractivity (Wildman–Crippen MR) is 79.6 cm³/mol. The molecule has 0 saturated carbocycles. The SMILES string of the molecule is CC(C)(C)c1ncc(CNc2cc(F)cc(Cl)c2)s1. The van der Waals surface area contributed by atoms with Crippen LogP contribution in [0.4, 0.5) is 10.1 Å². The van der Waals surface area contributed by atoms with Gasteiger partial charge in [0.05, 0.1) is 11.6 Å². The molecule has 1 heterocycles. The Bertz CT molecular complexity index is 555. The highest BCUT2D eigenvalue weighted by Crippen LogP contribution is 2.27. The van der Waals surface area contributed by atoms with Gasteiger partial charge in [-0.2, -0.15) is 0 Å². The van der Waals surface area contributed by atoms with Crippen LogP contribution in [0.2, 0.25) is 5.02 Å². The third-order valence-corrected chi connectivity index (χ3v) is 4.17. The Balaban J connectivity index is 2.04. The summed E-state index contributed by atoms with van der Waals surface area (Å²) in [5.41, 5.74) is 0.737. The Kier molecular flexibility index (Phi) is 4.11. The number of aromatic nitrogens is 1. The summed E-state index contributed by atoms with van der Waals surface area (Å²) < 4.78 is 13.2. The molecule has 0 aliphatic heterocycles. The Morgan fingerprint density at radius 1 is 1.32 bits per heavy atom. The summed E-state index contributed by atoms with van der Waals surface area (Å²) >= 11 is 7.47. The van der Waals surface area contributed by atoms with Crippen LogP contribution in [0, 0.1) is 5.82 Å². The lowest BCUT2D eigenvalue weighted by atomic mass is 9.98. The molecular weight excluding hydrogens is 283 g/mol. The van der Waals surface area contributed by atoms with E-state index in [1.807, 2.05) is 6.20 Å². The summed E-state index contributed by atoms with van der Waals surface area (Å²) in [7, 11) is 0. The zero-order chi connectivity index (χ0) is 14.0. The van der Waals surface area contributed by atoms with Crippen molar-refractivity contribution in [3.8, 4) is 0 Å². The van der Waals surface area contributed by atoms with Gasteiger partial charge in [0.2, 0.25) is 0 Å². The standard InChI is InChI=1S/C14H16ClFN2S/c1-14(2,3)13-18-8-12(19-13)7-17-11-5-9(15)4-10(16)6-11/h4-6,8,17H,7H2,1-3H3. The van der Waals surface area contributed by atoms with Gasteiger partial charge in [0, 0.05) is 27.2 Å². The van der Waals surface area contributed by atoms with Gasteiger partial charge in [-0.1, -0.05) is 32.4 Å². The van der Waals surface area contributed by atoms with Crippen LogP contribution < -0.4 is 5.32 Å². The fourth-order valence-corrected chi connectivity index (χ4v) is 2.71. The molecule has 0 saturated heterocycles. The fourth-order valence-electron chi connectivity index (χ4n) is 1.58. The minimum Gasteiger partial charge on any atom is -0.380 e. The van der Waals surface area contributed by atoms with Crippen molar-refractivity contribution in [1.82, 2.24) is 4.98 Å². The summed E-state index contributed by atoms with van der Waals surface area (Å²) in [5, 5.41) is 4.64. The lowest BCUT2D eigenvalue weighted by molar-refractivity contribution is 0.585. The predicted octanol–water partition coefficient (Wildman–Crippen LogP) is 4.85. The number of nitrogens with zero attached hydrogens (tertiary/aromatic N) is 1. The molecule has 5 heteroatoms. The van der Waals surface area contributed by atoms with Gasteiger partial charge in [-0.05, 0) is 18.2 Å². The van der Waals surface area contributed by atoms with Crippen LogP contribution in [-0.4, -0.2) is 4.98 Å². The molecule has 1 N–H and O–H groups in total. The monoisotopic (exact) mass is 298 g/mol. The number of nitrogens with one attached hydrogen (secondary N) is 1. The lowest BCUT2D eigenvalue weighted by Crippen LogP contribution is -2.09. The highest BCUT2D eigenvalue weighted by Gasteiger charge is 2.17. The Labute approximate surface area is 121 Å². The normalized spacial score (nSPS) is 11.6. The zero-order valence-corrected chi connectivity index (χ0v) is 12.7. The minimum atomic E-state index is -0.338. The molecule has 19 heavy (non-hydrogen) atoms. The van der Waals surface area contributed by atoms with Crippen LogP contribution in [0.15, 0.2) is 24.4 Å². The molecule has 2 nitrogen and oxygen atoms in total. The summed E-state index contributed by atoms with van der Waals surface area (Å²) in [6, 6.07) is 4.42. The molecule has 0 bridgehead atoms. The van der Waals surface area contributed by atoms with Crippen molar-refractivity contribution in [2.75, 3.05) is 5.32 Å². The first kappa shape index (κ1) is 14.3. The summed E-state index contributed by atoms with van der Waals surface area (Å²) in [5.74, 6) is -0.338. The van der Waals surface area contributed by atoms with Crippen LogP contribution in [0.5, 0.6) is 0 Å². The van der Waals surface area contributed by atoms with Gasteiger partial charge < -0.3 is 5.32 Å². The first-order chi connectivity index (χ1) is 8.84. The molecule has 2 rings (SSSR count). The van der Waals surface area contributed by atoms with E-state index in [-0.39, 0.29) is 11.2 Å². The van der Waals surface area contributed by atoms with Gasteiger partial charge in [-0.3, -0.25) is 0 Å². The van der Waals surface area contributed by atoms with E-state index in [0.717, 1.165) is 9.88 Å². The molecule has 0 aliphatic carbocycles. The maximum absolute atomic E-state index is 13.2. The largest absolute Gasteiger partial charge is 0.380 e. The fraction of sp³-hybridized carbons (Fsp3) is 0.357. The molecular formula is C14H16ClFN2S. The summed E-state index contributed by atoms with van der Waals surface area (Å²) in [6.45, 7) is 7.02. The van der Waals surface area contributed by atoms with Gasteiger partial charge in [-0.25, -0.2) is 9.37 Å². The second-order valence-corrected chi connectivity index (χ2v) is 6.95. The molecule has 0 radical (unpaired) electrons. The molecule has 0 aliphatic rings. The number of hydrogen-bond donors (Lipinski definition) is 1. The van der Waals surface area contributed by atoms with Crippen molar-refractivity contribution in [3.63, 3.8) is 0 Å². The van der Waals surface area contributed by atoms with Gasteiger partial charge >= 0.3 is 0 Å².